The molecule has 0 aliphatic rings. The molecule has 3 heteroatoms. The Morgan fingerprint density at radius 1 is 1.33 bits per heavy atom. The van der Waals surface area contributed by atoms with Gasteiger partial charge in [-0.25, -0.2) is 0 Å². The van der Waals surface area contributed by atoms with Crippen LogP contribution in [0.5, 0.6) is 0 Å². The van der Waals surface area contributed by atoms with Crippen LogP contribution < -0.4 is 5.73 Å². The van der Waals surface area contributed by atoms with E-state index >= 15 is 0 Å². The van der Waals surface area contributed by atoms with Gasteiger partial charge in [0.05, 0.1) is 11.5 Å². The molecular weight excluding hydrogens is 222 g/mol. The molecule has 2 N–H and O–H groups in total. The molecule has 3 nitrogen and oxygen atoms in total. The molecule has 1 aromatic rings. The van der Waals surface area contributed by atoms with Gasteiger partial charge >= 0.3 is 0 Å². The average Bonchev–Trinajstić information content (AvgIpc) is 2.36. The molecule has 0 unspecified atom stereocenters. The minimum atomic E-state index is -0.254. The van der Waals surface area contributed by atoms with E-state index in [-0.39, 0.29) is 5.41 Å². The first-order valence-electron chi connectivity index (χ1n) is 6.45. The van der Waals surface area contributed by atoms with Gasteiger partial charge in [-0.2, -0.15) is 5.26 Å². The molecule has 0 heterocycles. The van der Waals surface area contributed by atoms with Crippen LogP contribution in [0.1, 0.15) is 32.8 Å². The van der Waals surface area contributed by atoms with Crippen LogP contribution in [0.3, 0.4) is 0 Å². The predicted molar refractivity (Wildman–Crippen MR) is 75.8 cm³/mol. The van der Waals surface area contributed by atoms with Crippen molar-refractivity contribution in [1.82, 2.24) is 4.90 Å². The Bertz CT molecular complexity index is 418. The Balaban J connectivity index is 2.59. The van der Waals surface area contributed by atoms with E-state index in [0.29, 0.717) is 0 Å². The molecule has 0 radical (unpaired) electrons. The summed E-state index contributed by atoms with van der Waals surface area (Å²) < 4.78 is 0. The van der Waals surface area contributed by atoms with Crippen molar-refractivity contribution in [3.63, 3.8) is 0 Å². The summed E-state index contributed by atoms with van der Waals surface area (Å²) in [5.41, 5.74) is 7.70. The summed E-state index contributed by atoms with van der Waals surface area (Å²) in [4.78, 5) is 2.32. The standard InChI is InChI=1S/C15H23N3/c1-4-18(10-9-15(2,3)12-16)11-13-7-5-6-8-14(13)17/h5-8H,4,9-11,17H2,1-3H3. The number of benzene rings is 1. The molecule has 0 fully saturated rings. The molecule has 0 aromatic heterocycles. The van der Waals surface area contributed by atoms with Gasteiger partial charge in [-0.05, 0) is 45.0 Å². The van der Waals surface area contributed by atoms with Crippen molar-refractivity contribution in [3.05, 3.63) is 29.8 Å². The van der Waals surface area contributed by atoms with E-state index in [0.717, 1.165) is 37.3 Å². The zero-order valence-corrected chi connectivity index (χ0v) is 11.6. The zero-order chi connectivity index (χ0) is 13.6. The summed E-state index contributed by atoms with van der Waals surface area (Å²) in [6.45, 7) is 8.85. The molecule has 0 spiro atoms. The van der Waals surface area contributed by atoms with Crippen LogP contribution in [0.4, 0.5) is 5.69 Å². The van der Waals surface area contributed by atoms with Gasteiger partial charge in [-0.1, -0.05) is 25.1 Å². The Kier molecular flexibility index (Phi) is 5.18. The number of nitriles is 1. The highest BCUT2D eigenvalue weighted by atomic mass is 15.1. The lowest BCUT2D eigenvalue weighted by molar-refractivity contribution is 0.246. The van der Waals surface area contributed by atoms with Crippen molar-refractivity contribution >= 4 is 5.69 Å². The summed E-state index contributed by atoms with van der Waals surface area (Å²) >= 11 is 0. The van der Waals surface area contributed by atoms with Gasteiger partial charge in [0.1, 0.15) is 0 Å². The van der Waals surface area contributed by atoms with Crippen molar-refractivity contribution in [1.29, 1.82) is 5.26 Å². The maximum atomic E-state index is 9.02. The topological polar surface area (TPSA) is 53.0 Å². The van der Waals surface area contributed by atoms with Crippen LogP contribution in [0.15, 0.2) is 24.3 Å². The largest absolute Gasteiger partial charge is 0.398 e. The lowest BCUT2D eigenvalue weighted by atomic mass is 9.91. The maximum Gasteiger partial charge on any atom is 0.0684 e. The first kappa shape index (κ1) is 14.5. The molecule has 0 aliphatic carbocycles. The fraction of sp³-hybridized carbons (Fsp3) is 0.533. The van der Waals surface area contributed by atoms with E-state index in [9.17, 15) is 0 Å². The van der Waals surface area contributed by atoms with Crippen LogP contribution >= 0.6 is 0 Å². The molecule has 1 rings (SSSR count). The summed E-state index contributed by atoms with van der Waals surface area (Å²) in [5, 5.41) is 9.02. The highest BCUT2D eigenvalue weighted by Gasteiger charge is 2.18. The Morgan fingerprint density at radius 3 is 2.56 bits per heavy atom. The zero-order valence-electron chi connectivity index (χ0n) is 11.6. The first-order chi connectivity index (χ1) is 8.48. The molecule has 18 heavy (non-hydrogen) atoms. The second-order valence-electron chi connectivity index (χ2n) is 5.31. The molecule has 0 saturated carbocycles. The van der Waals surface area contributed by atoms with Gasteiger partial charge < -0.3 is 5.73 Å². The van der Waals surface area contributed by atoms with Gasteiger partial charge in [0.15, 0.2) is 0 Å². The van der Waals surface area contributed by atoms with Gasteiger partial charge in [-0.15, -0.1) is 0 Å². The number of nitrogen functional groups attached to an aromatic ring is 1. The average molecular weight is 245 g/mol. The van der Waals surface area contributed by atoms with Gasteiger partial charge in [0, 0.05) is 12.2 Å². The van der Waals surface area contributed by atoms with Crippen LogP contribution in [0, 0.1) is 16.7 Å². The van der Waals surface area contributed by atoms with Gasteiger partial charge in [-0.3, -0.25) is 4.90 Å². The van der Waals surface area contributed by atoms with E-state index < -0.39 is 0 Å². The minimum absolute atomic E-state index is 0.254. The summed E-state index contributed by atoms with van der Waals surface area (Å²) in [7, 11) is 0. The van der Waals surface area contributed by atoms with E-state index in [1.54, 1.807) is 0 Å². The first-order valence-corrected chi connectivity index (χ1v) is 6.45. The molecule has 98 valence electrons. The SMILES string of the molecule is CCN(CCC(C)(C)C#N)Cc1ccccc1N. The van der Waals surface area contributed by atoms with Crippen LogP contribution in [0.25, 0.3) is 0 Å². The maximum absolute atomic E-state index is 9.02. The van der Waals surface area contributed by atoms with Crippen LogP contribution in [-0.2, 0) is 6.54 Å². The minimum Gasteiger partial charge on any atom is -0.398 e. The number of nitrogens with zero attached hydrogens (tertiary/aromatic N) is 2. The summed E-state index contributed by atoms with van der Waals surface area (Å²) in [6.07, 6.45) is 0.879. The third kappa shape index (κ3) is 4.38. The van der Waals surface area contributed by atoms with E-state index in [4.69, 9.17) is 11.0 Å². The predicted octanol–water partition coefficient (Wildman–Crippen LogP) is 3.03. The van der Waals surface area contributed by atoms with Crippen LogP contribution in [0.2, 0.25) is 0 Å². The fourth-order valence-electron chi connectivity index (χ4n) is 1.76. The van der Waals surface area contributed by atoms with E-state index in [1.807, 2.05) is 32.0 Å². The number of rotatable bonds is 6. The number of hydrogen-bond acceptors (Lipinski definition) is 3. The summed E-state index contributed by atoms with van der Waals surface area (Å²) in [5.74, 6) is 0. The molecule has 0 bridgehead atoms. The molecule has 0 aliphatic heterocycles. The van der Waals surface area contributed by atoms with Crippen molar-refractivity contribution in [2.75, 3.05) is 18.8 Å². The number of nitrogens with two attached hydrogens (primary N) is 1. The second kappa shape index (κ2) is 6.42. The third-order valence-electron chi connectivity index (χ3n) is 3.25. The lowest BCUT2D eigenvalue weighted by Crippen LogP contribution is -2.27. The van der Waals surface area contributed by atoms with Gasteiger partial charge in [0.25, 0.3) is 0 Å². The van der Waals surface area contributed by atoms with E-state index in [2.05, 4.69) is 24.0 Å². The number of anilines is 1. The molecule has 0 amide bonds. The Morgan fingerprint density at radius 2 is 2.00 bits per heavy atom. The highest BCUT2D eigenvalue weighted by Crippen LogP contribution is 2.20. The van der Waals surface area contributed by atoms with Crippen LogP contribution in [-0.4, -0.2) is 18.0 Å². The summed E-state index contributed by atoms with van der Waals surface area (Å²) in [6, 6.07) is 10.3. The van der Waals surface area contributed by atoms with Crippen molar-refractivity contribution < 1.29 is 0 Å². The van der Waals surface area contributed by atoms with Gasteiger partial charge in [0.2, 0.25) is 0 Å². The highest BCUT2D eigenvalue weighted by molar-refractivity contribution is 5.46. The fourth-order valence-corrected chi connectivity index (χ4v) is 1.76. The third-order valence-corrected chi connectivity index (χ3v) is 3.25. The monoisotopic (exact) mass is 245 g/mol. The molecule has 0 atom stereocenters. The Hall–Kier alpha value is -1.53. The van der Waals surface area contributed by atoms with E-state index in [1.165, 1.54) is 0 Å². The molecular formula is C15H23N3. The molecule has 1 aromatic carbocycles. The number of para-hydroxylation sites is 1. The molecule has 0 saturated heterocycles. The lowest BCUT2D eigenvalue weighted by Gasteiger charge is -2.24. The van der Waals surface area contributed by atoms with Crippen molar-refractivity contribution in [2.45, 2.75) is 33.7 Å². The normalized spacial score (nSPS) is 11.5. The van der Waals surface area contributed by atoms with Crippen molar-refractivity contribution in [3.8, 4) is 6.07 Å². The van der Waals surface area contributed by atoms with Crippen molar-refractivity contribution in [2.24, 2.45) is 5.41 Å². The number of hydrogen-bond donors (Lipinski definition) is 1. The second-order valence-corrected chi connectivity index (χ2v) is 5.31. The quantitative estimate of drug-likeness (QED) is 0.784. The smallest absolute Gasteiger partial charge is 0.0684 e. The Labute approximate surface area is 110 Å².